The molecule has 1 saturated carbocycles. The Hall–Kier alpha value is -2.11. The van der Waals surface area contributed by atoms with E-state index in [-0.39, 0.29) is 16.8 Å². The molecule has 1 aliphatic rings. The predicted octanol–water partition coefficient (Wildman–Crippen LogP) is 3.45. The van der Waals surface area contributed by atoms with Crippen molar-refractivity contribution in [2.45, 2.75) is 25.7 Å². The minimum absolute atomic E-state index is 0.0130. The fraction of sp³-hybridized carbons (Fsp3) is 0.278. The first kappa shape index (κ1) is 17.2. The largest absolute Gasteiger partial charge is 0.630 e. The Morgan fingerprint density at radius 3 is 2.35 bits per heavy atom. The molecule has 1 aliphatic carbocycles. The quantitative estimate of drug-likeness (QED) is 0.362. The number of Topliss-reactive ketones (excluding diaryl/α,β-unsaturated/α-hetero) is 1. The van der Waals surface area contributed by atoms with Crippen molar-refractivity contribution in [2.75, 3.05) is 0 Å². The molecule has 0 atom stereocenters. The van der Waals surface area contributed by atoms with Gasteiger partial charge in [-0.05, 0) is 24.3 Å². The smallest absolute Gasteiger partial charge is 0.270 e. The van der Waals surface area contributed by atoms with Crippen LogP contribution in [0.5, 0.6) is 0 Å². The summed E-state index contributed by atoms with van der Waals surface area (Å²) in [5, 5.41) is 11.2. The molecule has 122 valence electrons. The number of quaternary nitrogens is 1. The van der Waals surface area contributed by atoms with Crippen LogP contribution in [0.25, 0.3) is 0 Å². The van der Waals surface area contributed by atoms with Crippen molar-refractivity contribution in [3.05, 3.63) is 76.7 Å². The lowest BCUT2D eigenvalue weighted by atomic mass is 10.0. The fourth-order valence-electron chi connectivity index (χ4n) is 2.22. The van der Waals surface area contributed by atoms with Crippen LogP contribution in [0.1, 0.15) is 35.7 Å². The number of alkyl halides is 2. The highest BCUT2D eigenvalue weighted by Crippen LogP contribution is 2.36. The van der Waals surface area contributed by atoms with Gasteiger partial charge in [0.15, 0.2) is 5.70 Å². The maximum absolute atomic E-state index is 13.2. The van der Waals surface area contributed by atoms with Gasteiger partial charge < -0.3 is 10.7 Å². The van der Waals surface area contributed by atoms with E-state index < -0.39 is 11.7 Å². The minimum Gasteiger partial charge on any atom is -0.630 e. The molecule has 0 amide bonds. The van der Waals surface area contributed by atoms with Crippen molar-refractivity contribution in [1.82, 2.24) is 0 Å². The summed E-state index contributed by atoms with van der Waals surface area (Å²) in [6.45, 7) is 4.51. The van der Waals surface area contributed by atoms with Crippen molar-refractivity contribution in [1.29, 1.82) is 0 Å². The molecule has 0 unspecified atom stereocenters. The number of allylic oxidation sites excluding steroid dienone is 5. The van der Waals surface area contributed by atoms with Crippen molar-refractivity contribution in [2.24, 2.45) is 5.92 Å². The molecule has 0 aromatic heterocycles. The van der Waals surface area contributed by atoms with Crippen LogP contribution in [0.15, 0.2) is 60.3 Å². The maximum atomic E-state index is 13.2. The fourth-order valence-corrected chi connectivity index (χ4v) is 2.22. The summed E-state index contributed by atoms with van der Waals surface area (Å²) >= 11 is 0. The minimum atomic E-state index is -2.96. The topological polar surface area (TPSA) is 56.7 Å². The molecular weight excluding hydrogens is 300 g/mol. The number of carbonyl (C=O) groups excluding carboxylic acids is 1. The Balaban J connectivity index is 2.21. The molecule has 2 N–H and O–H groups in total. The summed E-state index contributed by atoms with van der Waals surface area (Å²) in [6.07, 6.45) is 7.08. The standard InChI is InChI=1S/C18H19F2NO2/c1-3-12(13-4-5-13)8-11-16(21-23)17(22)14-6-9-15(10-7-14)18(2,19)20/h3,6-11,13H,1,4-5,21H2,2H3/b12-8+,16-11-. The number of carbonyl (C=O) groups is 1. The average Bonchev–Trinajstić information content (AvgIpc) is 3.35. The molecule has 3 nitrogen and oxygen atoms in total. The number of rotatable bonds is 7. The summed E-state index contributed by atoms with van der Waals surface area (Å²) in [6, 6.07) is 5.02. The first-order chi connectivity index (χ1) is 10.9. The molecule has 0 heterocycles. The van der Waals surface area contributed by atoms with E-state index in [9.17, 15) is 18.8 Å². The molecule has 1 fully saturated rings. The number of nitrogens with two attached hydrogens (primary N) is 1. The van der Waals surface area contributed by atoms with Crippen LogP contribution >= 0.6 is 0 Å². The summed E-state index contributed by atoms with van der Waals surface area (Å²) in [5.41, 5.74) is 1.50. The summed E-state index contributed by atoms with van der Waals surface area (Å²) < 4.78 is 26.3. The number of hydroxylamine groups is 1. The first-order valence-electron chi connectivity index (χ1n) is 7.39. The normalized spacial score (nSPS) is 16.3. The Morgan fingerprint density at radius 1 is 1.30 bits per heavy atom. The lowest BCUT2D eigenvalue weighted by Crippen LogP contribution is -2.76. The average molecular weight is 319 g/mol. The Bertz CT molecular complexity index is 651. The van der Waals surface area contributed by atoms with E-state index in [2.05, 4.69) is 6.58 Å². The molecule has 23 heavy (non-hydrogen) atoms. The number of benzene rings is 1. The van der Waals surface area contributed by atoms with E-state index in [0.717, 1.165) is 25.3 Å². The molecular formula is C18H19F2NO2. The zero-order valence-corrected chi connectivity index (χ0v) is 12.9. The molecule has 0 spiro atoms. The van der Waals surface area contributed by atoms with Gasteiger partial charge in [-0.25, -0.2) is 8.78 Å². The number of halogens is 2. The molecule has 0 saturated heterocycles. The molecule has 1 aromatic carbocycles. The highest BCUT2D eigenvalue weighted by molar-refractivity contribution is 6.06. The highest BCUT2D eigenvalue weighted by atomic mass is 19.3. The first-order valence-corrected chi connectivity index (χ1v) is 7.39. The van der Waals surface area contributed by atoms with E-state index in [4.69, 9.17) is 0 Å². The lowest BCUT2D eigenvalue weighted by Gasteiger charge is -2.11. The number of hydrogen-bond donors (Lipinski definition) is 1. The van der Waals surface area contributed by atoms with Crippen molar-refractivity contribution in [3.8, 4) is 0 Å². The van der Waals surface area contributed by atoms with E-state index >= 15 is 0 Å². The molecule has 0 aliphatic heterocycles. The zero-order valence-electron chi connectivity index (χ0n) is 12.9. The van der Waals surface area contributed by atoms with Gasteiger partial charge in [-0.15, -0.1) is 0 Å². The second-order valence-electron chi connectivity index (χ2n) is 5.68. The van der Waals surface area contributed by atoms with Gasteiger partial charge >= 0.3 is 0 Å². The molecule has 0 radical (unpaired) electrons. The van der Waals surface area contributed by atoms with E-state index in [1.807, 2.05) is 0 Å². The number of hydrogen-bond acceptors (Lipinski definition) is 2. The van der Waals surface area contributed by atoms with Crippen LogP contribution in [0.4, 0.5) is 8.78 Å². The molecule has 1 aromatic rings. The Kier molecular flexibility index (Phi) is 5.23. The van der Waals surface area contributed by atoms with Gasteiger partial charge in [-0.3, -0.25) is 4.79 Å². The third-order valence-electron chi connectivity index (χ3n) is 3.78. The van der Waals surface area contributed by atoms with Gasteiger partial charge in [0, 0.05) is 24.1 Å². The number of ketones is 1. The van der Waals surface area contributed by atoms with Gasteiger partial charge in [-0.2, -0.15) is 0 Å². The maximum Gasteiger partial charge on any atom is 0.270 e. The van der Waals surface area contributed by atoms with Crippen LogP contribution in [0.2, 0.25) is 0 Å². The van der Waals surface area contributed by atoms with Crippen LogP contribution in [0, 0.1) is 11.1 Å². The van der Waals surface area contributed by atoms with Gasteiger partial charge in [0.25, 0.3) is 5.92 Å². The van der Waals surface area contributed by atoms with Crippen LogP contribution < -0.4 is 5.48 Å². The molecule has 2 rings (SSSR count). The van der Waals surface area contributed by atoms with Gasteiger partial charge in [0.05, 0.1) is 0 Å². The van der Waals surface area contributed by atoms with E-state index in [1.54, 1.807) is 12.2 Å². The zero-order chi connectivity index (χ0) is 17.0. The van der Waals surface area contributed by atoms with Crippen LogP contribution in [-0.4, -0.2) is 5.78 Å². The van der Waals surface area contributed by atoms with Gasteiger partial charge in [0.1, 0.15) is 0 Å². The third-order valence-corrected chi connectivity index (χ3v) is 3.78. The van der Waals surface area contributed by atoms with E-state index in [1.165, 1.54) is 30.3 Å². The van der Waals surface area contributed by atoms with Crippen molar-refractivity contribution >= 4 is 5.78 Å². The lowest BCUT2D eigenvalue weighted by molar-refractivity contribution is -0.527. The summed E-state index contributed by atoms with van der Waals surface area (Å²) in [4.78, 5) is 12.3. The highest BCUT2D eigenvalue weighted by Gasteiger charge is 2.25. The second kappa shape index (κ2) is 6.98. The summed E-state index contributed by atoms with van der Waals surface area (Å²) in [7, 11) is 0. The SMILES string of the molecule is C=C/C(=C\C=C(/[NH2+][O-])C(=O)c1ccc(C(C)(F)F)cc1)C1CC1. The second-order valence-corrected chi connectivity index (χ2v) is 5.68. The monoisotopic (exact) mass is 319 g/mol. The predicted molar refractivity (Wildman–Crippen MR) is 84.7 cm³/mol. The molecule has 0 bridgehead atoms. The Labute approximate surface area is 134 Å². The van der Waals surface area contributed by atoms with Crippen molar-refractivity contribution < 1.29 is 19.1 Å². The van der Waals surface area contributed by atoms with Crippen LogP contribution in [-0.2, 0) is 5.92 Å². The van der Waals surface area contributed by atoms with Gasteiger partial charge in [-0.1, -0.05) is 43.0 Å². The van der Waals surface area contributed by atoms with Gasteiger partial charge in [0.2, 0.25) is 5.78 Å². The molecule has 5 heteroatoms. The van der Waals surface area contributed by atoms with Crippen LogP contribution in [0.3, 0.4) is 0 Å². The van der Waals surface area contributed by atoms with Crippen molar-refractivity contribution in [3.63, 3.8) is 0 Å². The third kappa shape index (κ3) is 4.43. The summed E-state index contributed by atoms with van der Waals surface area (Å²) in [5.74, 6) is -2.99. The van der Waals surface area contributed by atoms with E-state index in [0.29, 0.717) is 11.4 Å². The Morgan fingerprint density at radius 2 is 1.91 bits per heavy atom.